The van der Waals surface area contributed by atoms with E-state index in [2.05, 4.69) is 29.4 Å². The van der Waals surface area contributed by atoms with E-state index in [1.165, 1.54) is 5.56 Å². The molecule has 2 amide bonds. The van der Waals surface area contributed by atoms with Crippen LogP contribution >= 0.6 is 0 Å². The Morgan fingerprint density at radius 2 is 1.82 bits per heavy atom. The third-order valence-electron chi connectivity index (χ3n) is 6.01. The zero-order valence-electron chi connectivity index (χ0n) is 16.9. The van der Waals surface area contributed by atoms with Gasteiger partial charge in [-0.2, -0.15) is 0 Å². The largest absolute Gasteiger partial charge is 0.378 e. The van der Waals surface area contributed by atoms with Gasteiger partial charge in [-0.15, -0.1) is 0 Å². The van der Waals surface area contributed by atoms with Crippen molar-refractivity contribution >= 4 is 11.8 Å². The number of likely N-dealkylation sites (N-methyl/N-ethyl adjacent to an activating group) is 1. The van der Waals surface area contributed by atoms with E-state index < -0.39 is 0 Å². The number of hydrogen-bond donors (Lipinski definition) is 1. The molecule has 28 heavy (non-hydrogen) atoms. The smallest absolute Gasteiger partial charge is 0.224 e. The molecule has 0 aromatic heterocycles. The minimum atomic E-state index is 0.122. The van der Waals surface area contributed by atoms with Crippen molar-refractivity contribution in [2.75, 3.05) is 39.9 Å². The van der Waals surface area contributed by atoms with Gasteiger partial charge in [0.2, 0.25) is 11.8 Å². The molecule has 2 atom stereocenters. The Morgan fingerprint density at radius 1 is 1.11 bits per heavy atom. The Labute approximate surface area is 168 Å². The van der Waals surface area contributed by atoms with Gasteiger partial charge in [0.25, 0.3) is 0 Å². The predicted octanol–water partition coefficient (Wildman–Crippen LogP) is 1.84. The molecule has 1 aromatic rings. The van der Waals surface area contributed by atoms with Crippen LogP contribution in [0.3, 0.4) is 0 Å². The van der Waals surface area contributed by atoms with Gasteiger partial charge in [0.05, 0.1) is 13.2 Å². The molecule has 2 fully saturated rings. The summed E-state index contributed by atoms with van der Waals surface area (Å²) in [5, 5.41) is 3.09. The second kappa shape index (κ2) is 10.6. The summed E-state index contributed by atoms with van der Waals surface area (Å²) in [4.78, 5) is 28.8. The van der Waals surface area contributed by atoms with Gasteiger partial charge < -0.3 is 15.0 Å². The Hall–Kier alpha value is -1.92. The minimum absolute atomic E-state index is 0.122. The first-order valence-corrected chi connectivity index (χ1v) is 10.5. The highest BCUT2D eigenvalue weighted by atomic mass is 16.5. The molecule has 0 aliphatic carbocycles. The number of likely N-dealkylation sites (tertiary alicyclic amines) is 1. The molecule has 2 saturated heterocycles. The molecule has 0 spiro atoms. The van der Waals surface area contributed by atoms with Crippen LogP contribution in [0.5, 0.6) is 0 Å². The average Bonchev–Trinajstić information content (AvgIpc) is 3.07. The molecule has 0 bridgehead atoms. The van der Waals surface area contributed by atoms with Gasteiger partial charge in [0.1, 0.15) is 0 Å². The van der Waals surface area contributed by atoms with Crippen molar-refractivity contribution in [2.24, 2.45) is 0 Å². The van der Waals surface area contributed by atoms with Gasteiger partial charge in [-0.1, -0.05) is 30.3 Å². The first-order chi connectivity index (χ1) is 13.6. The summed E-state index contributed by atoms with van der Waals surface area (Å²) in [5.41, 5.74) is 1.28. The Balaban J connectivity index is 1.33. The van der Waals surface area contributed by atoms with E-state index in [1.807, 2.05) is 23.1 Å². The number of ether oxygens (including phenoxy) is 1. The van der Waals surface area contributed by atoms with E-state index in [0.717, 1.165) is 25.7 Å². The lowest BCUT2D eigenvalue weighted by Crippen LogP contribution is -2.45. The summed E-state index contributed by atoms with van der Waals surface area (Å²) in [6.45, 7) is 3.37. The second-order valence-electron chi connectivity index (χ2n) is 7.89. The van der Waals surface area contributed by atoms with Crippen LogP contribution in [-0.2, 0) is 20.7 Å². The maximum absolute atomic E-state index is 12.5. The molecular weight excluding hydrogens is 354 g/mol. The fourth-order valence-electron chi connectivity index (χ4n) is 4.14. The van der Waals surface area contributed by atoms with Crippen LogP contribution in [0.15, 0.2) is 30.3 Å². The molecule has 2 aliphatic rings. The van der Waals surface area contributed by atoms with Crippen LogP contribution in [0, 0.1) is 0 Å². The topological polar surface area (TPSA) is 61.9 Å². The van der Waals surface area contributed by atoms with Gasteiger partial charge in [0.15, 0.2) is 0 Å². The number of benzene rings is 1. The van der Waals surface area contributed by atoms with E-state index in [4.69, 9.17) is 4.74 Å². The lowest BCUT2D eigenvalue weighted by molar-refractivity contribution is -0.136. The Bertz CT molecular complexity index is 631. The van der Waals surface area contributed by atoms with Crippen molar-refractivity contribution in [3.8, 4) is 0 Å². The molecule has 2 aliphatic heterocycles. The summed E-state index contributed by atoms with van der Waals surface area (Å²) in [6, 6.07) is 10.9. The van der Waals surface area contributed by atoms with Crippen LogP contribution in [-0.4, -0.2) is 73.6 Å². The minimum Gasteiger partial charge on any atom is -0.378 e. The van der Waals surface area contributed by atoms with Crippen molar-refractivity contribution in [1.82, 2.24) is 15.1 Å². The highest BCUT2D eigenvalue weighted by molar-refractivity contribution is 5.77. The summed E-state index contributed by atoms with van der Waals surface area (Å²) in [6.07, 6.45) is 4.97. The molecule has 0 radical (unpaired) electrons. The molecule has 6 heteroatoms. The summed E-state index contributed by atoms with van der Waals surface area (Å²) in [5.74, 6) is 0.350. The summed E-state index contributed by atoms with van der Waals surface area (Å²) < 4.78 is 5.32. The number of rotatable bonds is 8. The summed E-state index contributed by atoms with van der Waals surface area (Å²) >= 11 is 0. The maximum atomic E-state index is 12.5. The predicted molar refractivity (Wildman–Crippen MR) is 109 cm³/mol. The second-order valence-corrected chi connectivity index (χ2v) is 7.89. The molecule has 0 saturated carbocycles. The van der Waals surface area contributed by atoms with Gasteiger partial charge in [-0.3, -0.25) is 14.5 Å². The number of carbonyl (C=O) groups is 2. The average molecular weight is 388 g/mol. The first kappa shape index (κ1) is 20.8. The number of aryl methyl sites for hydroxylation is 1. The quantitative estimate of drug-likeness (QED) is 0.739. The summed E-state index contributed by atoms with van der Waals surface area (Å²) in [7, 11) is 2.08. The number of nitrogens with zero attached hydrogens (tertiary/aromatic N) is 2. The third-order valence-corrected chi connectivity index (χ3v) is 6.01. The standard InChI is InChI=1S/C22H33N3O3/c1-24-19(16-22(27)25-12-14-28-15-13-25)10-11-20(24)17-23-21(26)9-5-8-18-6-3-2-4-7-18/h2-4,6-7,19-20H,5,8-17H2,1H3,(H,23,26)/t19-,20+/m1/s1. The molecule has 154 valence electrons. The fraction of sp³-hybridized carbons (Fsp3) is 0.636. The van der Waals surface area contributed by atoms with E-state index in [1.54, 1.807) is 0 Å². The van der Waals surface area contributed by atoms with Gasteiger partial charge >= 0.3 is 0 Å². The van der Waals surface area contributed by atoms with E-state index in [-0.39, 0.29) is 17.9 Å². The van der Waals surface area contributed by atoms with Gasteiger partial charge in [-0.05, 0) is 38.3 Å². The Morgan fingerprint density at radius 3 is 2.57 bits per heavy atom. The zero-order valence-corrected chi connectivity index (χ0v) is 16.9. The molecule has 6 nitrogen and oxygen atoms in total. The zero-order chi connectivity index (χ0) is 19.8. The van der Waals surface area contributed by atoms with Crippen molar-refractivity contribution in [3.63, 3.8) is 0 Å². The lowest BCUT2D eigenvalue weighted by atomic mass is 10.1. The monoisotopic (exact) mass is 387 g/mol. The van der Waals surface area contributed by atoms with Crippen LogP contribution in [0.1, 0.15) is 37.7 Å². The fourth-order valence-corrected chi connectivity index (χ4v) is 4.14. The molecule has 1 N–H and O–H groups in total. The third kappa shape index (κ3) is 6.04. The van der Waals surface area contributed by atoms with Crippen molar-refractivity contribution in [1.29, 1.82) is 0 Å². The highest BCUT2D eigenvalue weighted by Crippen LogP contribution is 2.25. The van der Waals surface area contributed by atoms with Gasteiger partial charge in [0, 0.05) is 44.6 Å². The van der Waals surface area contributed by atoms with Gasteiger partial charge in [-0.25, -0.2) is 0 Å². The normalized spacial score (nSPS) is 23.0. The van der Waals surface area contributed by atoms with E-state index in [0.29, 0.717) is 51.7 Å². The number of nitrogens with one attached hydrogen (secondary N) is 1. The molecule has 2 heterocycles. The molecule has 0 unspecified atom stereocenters. The van der Waals surface area contributed by atoms with Crippen molar-refractivity contribution in [3.05, 3.63) is 35.9 Å². The van der Waals surface area contributed by atoms with Crippen molar-refractivity contribution in [2.45, 2.75) is 50.6 Å². The highest BCUT2D eigenvalue weighted by Gasteiger charge is 2.33. The maximum Gasteiger partial charge on any atom is 0.224 e. The number of hydrogen-bond acceptors (Lipinski definition) is 4. The van der Waals surface area contributed by atoms with Crippen LogP contribution < -0.4 is 5.32 Å². The van der Waals surface area contributed by atoms with E-state index in [9.17, 15) is 9.59 Å². The van der Waals surface area contributed by atoms with Crippen molar-refractivity contribution < 1.29 is 14.3 Å². The number of amides is 2. The number of carbonyl (C=O) groups excluding carboxylic acids is 2. The Kier molecular flexibility index (Phi) is 7.86. The van der Waals surface area contributed by atoms with Crippen LogP contribution in [0.2, 0.25) is 0 Å². The molecule has 1 aromatic carbocycles. The lowest BCUT2D eigenvalue weighted by Gasteiger charge is -2.30. The van der Waals surface area contributed by atoms with E-state index >= 15 is 0 Å². The van der Waals surface area contributed by atoms with Crippen LogP contribution in [0.25, 0.3) is 0 Å². The molecular formula is C22H33N3O3. The first-order valence-electron chi connectivity index (χ1n) is 10.5. The molecule has 3 rings (SSSR count). The SMILES string of the molecule is CN1[C@@H](CC(=O)N2CCOCC2)CC[C@H]1CNC(=O)CCCc1ccccc1. The van der Waals surface area contributed by atoms with Crippen LogP contribution in [0.4, 0.5) is 0 Å². The number of morpholine rings is 1.